The molecule has 0 amide bonds. The third-order valence-corrected chi connectivity index (χ3v) is 3.04. The molecule has 1 aromatic carbocycles. The Morgan fingerprint density at radius 2 is 1.89 bits per heavy atom. The first-order chi connectivity index (χ1) is 8.88. The highest BCUT2D eigenvalue weighted by molar-refractivity contribution is 5.70. The Morgan fingerprint density at radius 1 is 1.32 bits per heavy atom. The second-order valence-corrected chi connectivity index (χ2v) is 5.05. The Labute approximate surface area is 111 Å². The van der Waals surface area contributed by atoms with Crippen LogP contribution in [0, 0.1) is 5.82 Å². The average molecular weight is 270 g/mol. The quantitative estimate of drug-likeness (QED) is 0.706. The Hall–Kier alpha value is -1.53. The second kappa shape index (κ2) is 5.22. The zero-order valence-electron chi connectivity index (χ0n) is 11.0. The maximum Gasteiger partial charge on any atom is 0.167 e. The molecule has 1 saturated heterocycles. The summed E-state index contributed by atoms with van der Waals surface area (Å²) < 4.78 is 19.1. The van der Waals surface area contributed by atoms with Crippen molar-refractivity contribution in [2.75, 3.05) is 23.7 Å². The summed E-state index contributed by atoms with van der Waals surface area (Å²) in [5.41, 5.74) is 6.61. The molecule has 1 aliphatic rings. The van der Waals surface area contributed by atoms with E-state index in [0.29, 0.717) is 5.69 Å². The summed E-state index contributed by atoms with van der Waals surface area (Å²) in [7, 11) is 0. The van der Waals surface area contributed by atoms with Crippen LogP contribution >= 0.6 is 0 Å². The minimum atomic E-state index is -0.820. The van der Waals surface area contributed by atoms with E-state index < -0.39 is 18.0 Å². The summed E-state index contributed by atoms with van der Waals surface area (Å²) in [6.07, 6.45) is -1.79. The number of hydrogen-bond acceptors (Lipinski definition) is 5. The largest absolute Gasteiger partial charge is 0.488 e. The van der Waals surface area contributed by atoms with Gasteiger partial charge in [-0.15, -0.1) is 0 Å². The summed E-state index contributed by atoms with van der Waals surface area (Å²) in [5, 5.41) is 19.1. The number of nitrogen functional groups attached to an aromatic ring is 1. The first-order valence-corrected chi connectivity index (χ1v) is 6.25. The molecule has 1 aromatic rings. The van der Waals surface area contributed by atoms with Crippen molar-refractivity contribution >= 4 is 11.4 Å². The van der Waals surface area contributed by atoms with Gasteiger partial charge in [-0.05, 0) is 13.8 Å². The lowest BCUT2D eigenvalue weighted by molar-refractivity contribution is 0.0572. The first kappa shape index (κ1) is 13.9. The predicted octanol–water partition coefficient (Wildman–Crippen LogP) is 0.737. The van der Waals surface area contributed by atoms with Gasteiger partial charge in [-0.25, -0.2) is 4.39 Å². The van der Waals surface area contributed by atoms with Crippen molar-refractivity contribution in [1.29, 1.82) is 0 Å². The molecule has 2 rings (SSSR count). The van der Waals surface area contributed by atoms with Crippen LogP contribution in [0.4, 0.5) is 15.8 Å². The Kier molecular flexibility index (Phi) is 3.82. The lowest BCUT2D eigenvalue weighted by atomic mass is 10.2. The molecule has 6 heteroatoms. The van der Waals surface area contributed by atoms with Gasteiger partial charge in [0.05, 0.1) is 29.7 Å². The molecule has 1 fully saturated rings. The number of β-amino-alcohol motifs (C(OH)–C–C–N with tert-alkyl or cyclic N) is 2. The monoisotopic (exact) mass is 270 g/mol. The van der Waals surface area contributed by atoms with Crippen LogP contribution in [-0.2, 0) is 0 Å². The molecular formula is C13H19FN2O3. The number of halogens is 1. The number of aliphatic hydroxyl groups excluding tert-OH is 2. The van der Waals surface area contributed by atoms with Gasteiger partial charge in [-0.3, -0.25) is 0 Å². The van der Waals surface area contributed by atoms with Crippen molar-refractivity contribution in [1.82, 2.24) is 0 Å². The molecule has 0 saturated carbocycles. The highest BCUT2D eigenvalue weighted by atomic mass is 19.1. The molecule has 1 aliphatic heterocycles. The number of nitrogens with two attached hydrogens (primary N) is 1. The van der Waals surface area contributed by atoms with E-state index >= 15 is 0 Å². The molecule has 0 aromatic heterocycles. The van der Waals surface area contributed by atoms with Crippen LogP contribution in [0.5, 0.6) is 5.75 Å². The van der Waals surface area contributed by atoms with Crippen molar-refractivity contribution in [3.8, 4) is 5.75 Å². The highest BCUT2D eigenvalue weighted by Crippen LogP contribution is 2.33. The molecule has 106 valence electrons. The topological polar surface area (TPSA) is 79.0 Å². The fourth-order valence-corrected chi connectivity index (χ4v) is 2.14. The fourth-order valence-electron chi connectivity index (χ4n) is 2.14. The first-order valence-electron chi connectivity index (χ1n) is 6.25. The predicted molar refractivity (Wildman–Crippen MR) is 70.8 cm³/mol. The molecule has 5 nitrogen and oxygen atoms in total. The van der Waals surface area contributed by atoms with Gasteiger partial charge in [0.15, 0.2) is 11.6 Å². The van der Waals surface area contributed by atoms with Gasteiger partial charge in [0.2, 0.25) is 0 Å². The third kappa shape index (κ3) is 2.90. The lowest BCUT2D eigenvalue weighted by Crippen LogP contribution is -2.22. The van der Waals surface area contributed by atoms with Crippen molar-refractivity contribution < 1.29 is 19.3 Å². The molecule has 2 atom stereocenters. The van der Waals surface area contributed by atoms with E-state index in [1.807, 2.05) is 0 Å². The lowest BCUT2D eigenvalue weighted by Gasteiger charge is -2.21. The van der Waals surface area contributed by atoms with Gasteiger partial charge >= 0.3 is 0 Å². The van der Waals surface area contributed by atoms with Crippen molar-refractivity contribution in [2.45, 2.75) is 32.2 Å². The smallest absolute Gasteiger partial charge is 0.167 e. The van der Waals surface area contributed by atoms with Crippen LogP contribution in [0.1, 0.15) is 13.8 Å². The number of hydrogen-bond donors (Lipinski definition) is 3. The zero-order valence-corrected chi connectivity index (χ0v) is 11.0. The van der Waals surface area contributed by atoms with E-state index in [-0.39, 0.29) is 30.6 Å². The number of benzene rings is 1. The van der Waals surface area contributed by atoms with E-state index in [2.05, 4.69) is 0 Å². The van der Waals surface area contributed by atoms with Crippen LogP contribution in [0.3, 0.4) is 0 Å². The van der Waals surface area contributed by atoms with Gasteiger partial charge in [0.25, 0.3) is 0 Å². The van der Waals surface area contributed by atoms with E-state index in [1.54, 1.807) is 18.7 Å². The molecular weight excluding hydrogens is 251 g/mol. The SMILES string of the molecule is CC(C)Oc1cc(N2CC(O)C(O)C2)c(N)cc1F. The molecule has 2 unspecified atom stereocenters. The summed E-state index contributed by atoms with van der Waals surface area (Å²) >= 11 is 0. The normalized spacial score (nSPS) is 23.2. The number of anilines is 2. The van der Waals surface area contributed by atoms with Crippen LogP contribution in [-0.4, -0.2) is 41.6 Å². The van der Waals surface area contributed by atoms with E-state index in [1.165, 1.54) is 12.1 Å². The third-order valence-electron chi connectivity index (χ3n) is 3.04. The number of nitrogens with zero attached hydrogens (tertiary/aromatic N) is 1. The molecule has 0 radical (unpaired) electrons. The summed E-state index contributed by atoms with van der Waals surface area (Å²) in [6.45, 7) is 4.13. The van der Waals surface area contributed by atoms with Gasteiger partial charge in [0.1, 0.15) is 0 Å². The maximum atomic E-state index is 13.7. The molecule has 0 bridgehead atoms. The Bertz CT molecular complexity index is 457. The van der Waals surface area contributed by atoms with E-state index in [9.17, 15) is 14.6 Å². The van der Waals surface area contributed by atoms with Crippen molar-refractivity contribution in [3.05, 3.63) is 17.9 Å². The summed E-state index contributed by atoms with van der Waals surface area (Å²) in [6, 6.07) is 2.71. The number of ether oxygens (including phenoxy) is 1. The number of rotatable bonds is 3. The molecule has 4 N–H and O–H groups in total. The minimum absolute atomic E-state index is 0.120. The Balaban J connectivity index is 2.30. The zero-order chi connectivity index (χ0) is 14.2. The van der Waals surface area contributed by atoms with Crippen molar-refractivity contribution in [2.24, 2.45) is 0 Å². The standard InChI is InChI=1S/C13H19FN2O3/c1-7(2)19-13-4-10(9(15)3-8(13)14)16-5-11(17)12(18)6-16/h3-4,7,11-12,17-18H,5-6,15H2,1-2H3. The van der Waals surface area contributed by atoms with Gasteiger partial charge in [-0.2, -0.15) is 0 Å². The van der Waals surface area contributed by atoms with Crippen molar-refractivity contribution in [3.63, 3.8) is 0 Å². The van der Waals surface area contributed by atoms with E-state index in [4.69, 9.17) is 10.5 Å². The summed E-state index contributed by atoms with van der Waals surface area (Å²) in [4.78, 5) is 1.72. The molecule has 0 spiro atoms. The maximum absolute atomic E-state index is 13.7. The van der Waals surface area contributed by atoms with Crippen LogP contribution < -0.4 is 15.4 Å². The van der Waals surface area contributed by atoms with Gasteiger partial charge < -0.3 is 25.6 Å². The van der Waals surface area contributed by atoms with Crippen LogP contribution in [0.15, 0.2) is 12.1 Å². The highest BCUT2D eigenvalue weighted by Gasteiger charge is 2.31. The summed E-state index contributed by atoms with van der Waals surface area (Å²) in [5.74, 6) is -0.398. The van der Waals surface area contributed by atoms with Gasteiger partial charge in [-0.1, -0.05) is 0 Å². The Morgan fingerprint density at radius 3 is 2.42 bits per heavy atom. The van der Waals surface area contributed by atoms with Crippen LogP contribution in [0.2, 0.25) is 0 Å². The molecule has 1 heterocycles. The molecule has 19 heavy (non-hydrogen) atoms. The van der Waals surface area contributed by atoms with Crippen LogP contribution in [0.25, 0.3) is 0 Å². The fraction of sp³-hybridized carbons (Fsp3) is 0.538. The molecule has 0 aliphatic carbocycles. The second-order valence-electron chi connectivity index (χ2n) is 5.05. The average Bonchev–Trinajstić information content (AvgIpc) is 2.62. The number of aliphatic hydroxyl groups is 2. The minimum Gasteiger partial charge on any atom is -0.488 e. The van der Waals surface area contributed by atoms with Gasteiger partial charge in [0, 0.05) is 25.2 Å². The van der Waals surface area contributed by atoms with E-state index in [0.717, 1.165) is 0 Å².